The van der Waals surface area contributed by atoms with E-state index < -0.39 is 11.0 Å². The van der Waals surface area contributed by atoms with Crippen LogP contribution in [0.25, 0.3) is 0 Å². The molecule has 136 valence electrons. The zero-order valence-electron chi connectivity index (χ0n) is 13.6. The van der Waals surface area contributed by atoms with Crippen LogP contribution in [0.1, 0.15) is 5.56 Å². The first-order chi connectivity index (χ1) is 12.5. The van der Waals surface area contributed by atoms with E-state index in [-0.39, 0.29) is 17.8 Å². The topological polar surface area (TPSA) is 64.3 Å². The zero-order chi connectivity index (χ0) is 18.7. The Kier molecular flexibility index (Phi) is 6.78. The first-order valence-corrected chi connectivity index (χ1v) is 11.1. The molecule has 0 bridgehead atoms. The van der Waals surface area contributed by atoms with E-state index in [0.29, 0.717) is 28.6 Å². The van der Waals surface area contributed by atoms with Crippen molar-refractivity contribution in [3.63, 3.8) is 0 Å². The van der Waals surface area contributed by atoms with Crippen molar-refractivity contribution in [3.8, 4) is 6.07 Å². The van der Waals surface area contributed by atoms with Crippen LogP contribution >= 0.6 is 39.3 Å². The highest BCUT2D eigenvalue weighted by molar-refractivity contribution is 9.10. The van der Waals surface area contributed by atoms with Gasteiger partial charge in [0.1, 0.15) is 11.0 Å². The summed E-state index contributed by atoms with van der Waals surface area (Å²) < 4.78 is 15.8. The second kappa shape index (κ2) is 8.87. The Bertz CT molecular complexity index is 857. The second-order valence-corrected chi connectivity index (χ2v) is 10.00. The second-order valence-electron chi connectivity index (χ2n) is 5.91. The number of halogens is 2. The fourth-order valence-corrected chi connectivity index (χ4v) is 6.10. The minimum absolute atomic E-state index is 0.0322. The van der Waals surface area contributed by atoms with Crippen molar-refractivity contribution < 1.29 is 9.32 Å². The van der Waals surface area contributed by atoms with Gasteiger partial charge in [-0.05, 0) is 42.5 Å². The number of nitriles is 1. The SMILES string of the molecule is N#Cc1ccc(S(=O)N2CC(CO)[C@@H](Sc3ccc(Br)cc3)C2)c(Cl)c1. The Hall–Kier alpha value is -0.880. The normalized spacial score (nSPS) is 21.5. The molecule has 0 spiro atoms. The maximum Gasteiger partial charge on any atom is 0.129 e. The molecular formula is C18H16BrClN2O2S2. The van der Waals surface area contributed by atoms with Crippen LogP contribution in [-0.4, -0.2) is 38.6 Å². The number of thioether (sulfide) groups is 1. The molecule has 1 aliphatic heterocycles. The van der Waals surface area contributed by atoms with Crippen LogP contribution in [0.15, 0.2) is 56.7 Å². The molecule has 1 aliphatic rings. The molecule has 0 saturated carbocycles. The highest BCUT2D eigenvalue weighted by atomic mass is 79.9. The molecule has 2 unspecified atom stereocenters. The molecule has 1 heterocycles. The van der Waals surface area contributed by atoms with Crippen LogP contribution in [0.4, 0.5) is 0 Å². The summed E-state index contributed by atoms with van der Waals surface area (Å²) in [6.45, 7) is 1.17. The highest BCUT2D eigenvalue weighted by Gasteiger charge is 2.36. The summed E-state index contributed by atoms with van der Waals surface area (Å²) in [4.78, 5) is 1.61. The van der Waals surface area contributed by atoms with Crippen LogP contribution in [0.3, 0.4) is 0 Å². The van der Waals surface area contributed by atoms with Crippen LogP contribution in [-0.2, 0) is 11.0 Å². The lowest BCUT2D eigenvalue weighted by Crippen LogP contribution is -2.24. The predicted octanol–water partition coefficient (Wildman–Crippen LogP) is 4.08. The molecule has 26 heavy (non-hydrogen) atoms. The van der Waals surface area contributed by atoms with E-state index in [1.165, 1.54) is 6.07 Å². The van der Waals surface area contributed by atoms with Crippen LogP contribution in [0.5, 0.6) is 0 Å². The lowest BCUT2D eigenvalue weighted by Gasteiger charge is -2.16. The van der Waals surface area contributed by atoms with Gasteiger partial charge in [-0.2, -0.15) is 5.26 Å². The van der Waals surface area contributed by atoms with Gasteiger partial charge < -0.3 is 5.11 Å². The third kappa shape index (κ3) is 4.50. The third-order valence-corrected chi connectivity index (χ3v) is 8.00. The van der Waals surface area contributed by atoms with Crippen molar-refractivity contribution in [1.82, 2.24) is 4.31 Å². The maximum absolute atomic E-state index is 12.9. The summed E-state index contributed by atoms with van der Waals surface area (Å²) in [5.74, 6) is 0.0322. The molecule has 4 nitrogen and oxygen atoms in total. The Balaban J connectivity index is 1.74. The molecular weight excluding hydrogens is 456 g/mol. The minimum atomic E-state index is -1.43. The van der Waals surface area contributed by atoms with Crippen LogP contribution < -0.4 is 0 Å². The van der Waals surface area contributed by atoms with Gasteiger partial charge in [0.15, 0.2) is 0 Å². The molecule has 3 atom stereocenters. The van der Waals surface area contributed by atoms with Gasteiger partial charge in [-0.15, -0.1) is 11.8 Å². The van der Waals surface area contributed by atoms with Crippen LogP contribution in [0.2, 0.25) is 5.02 Å². The van der Waals surface area contributed by atoms with Gasteiger partial charge in [0.2, 0.25) is 0 Å². The number of hydrogen-bond donors (Lipinski definition) is 1. The van der Waals surface area contributed by atoms with Gasteiger partial charge >= 0.3 is 0 Å². The Morgan fingerprint density at radius 1 is 1.31 bits per heavy atom. The van der Waals surface area contributed by atoms with Crippen molar-refractivity contribution >= 4 is 50.3 Å². The molecule has 2 aromatic carbocycles. The first-order valence-electron chi connectivity index (χ1n) is 7.91. The fraction of sp³-hybridized carbons (Fsp3) is 0.278. The maximum atomic E-state index is 12.9. The molecule has 0 radical (unpaired) electrons. The largest absolute Gasteiger partial charge is 0.396 e. The van der Waals surface area contributed by atoms with Crippen LogP contribution in [0, 0.1) is 17.2 Å². The van der Waals surface area contributed by atoms with Gasteiger partial charge in [-0.1, -0.05) is 27.5 Å². The van der Waals surface area contributed by atoms with Crippen molar-refractivity contribution in [3.05, 3.63) is 57.5 Å². The van der Waals surface area contributed by atoms with E-state index in [1.807, 2.05) is 34.6 Å². The molecule has 0 aromatic heterocycles. The Morgan fingerprint density at radius 2 is 2.04 bits per heavy atom. The Labute approximate surface area is 172 Å². The average molecular weight is 472 g/mol. The molecule has 2 aromatic rings. The summed E-state index contributed by atoms with van der Waals surface area (Å²) in [5.41, 5.74) is 0.439. The summed E-state index contributed by atoms with van der Waals surface area (Å²) >= 11 is 11.3. The smallest absolute Gasteiger partial charge is 0.129 e. The summed E-state index contributed by atoms with van der Waals surface area (Å²) in [6, 6.07) is 14.8. The van der Waals surface area contributed by atoms with Gasteiger partial charge in [0, 0.05) is 40.2 Å². The van der Waals surface area contributed by atoms with Crippen molar-refractivity contribution in [2.75, 3.05) is 19.7 Å². The standard InChI is InChI=1S/C18H16BrClN2O2S2/c19-14-2-4-15(5-3-14)25-17-10-22(9-13(17)11-23)26(24)18-6-1-12(8-21)7-16(18)20/h1-7,13,17,23H,9-11H2/t13?,17-,26?/m0/s1. The number of rotatable bonds is 5. The molecule has 8 heteroatoms. The lowest BCUT2D eigenvalue weighted by molar-refractivity contribution is 0.236. The van der Waals surface area contributed by atoms with Crippen molar-refractivity contribution in [1.29, 1.82) is 5.26 Å². The molecule has 1 N–H and O–H groups in total. The quantitative estimate of drug-likeness (QED) is 0.713. The van der Waals surface area contributed by atoms with E-state index in [0.717, 1.165) is 9.37 Å². The van der Waals surface area contributed by atoms with Gasteiger partial charge in [0.25, 0.3) is 0 Å². The van der Waals surface area contributed by atoms with E-state index >= 15 is 0 Å². The Morgan fingerprint density at radius 3 is 2.65 bits per heavy atom. The molecule has 3 rings (SSSR count). The van der Waals surface area contributed by atoms with Crippen molar-refractivity contribution in [2.45, 2.75) is 15.0 Å². The number of hydrogen-bond acceptors (Lipinski definition) is 4. The first kappa shape index (κ1) is 19.9. The zero-order valence-corrected chi connectivity index (χ0v) is 17.6. The summed E-state index contributed by atoms with van der Waals surface area (Å²) in [7, 11) is -1.43. The van der Waals surface area contributed by atoms with E-state index in [2.05, 4.69) is 15.9 Å². The van der Waals surface area contributed by atoms with E-state index in [1.54, 1.807) is 23.9 Å². The third-order valence-electron chi connectivity index (χ3n) is 4.17. The number of benzene rings is 2. The van der Waals surface area contributed by atoms with E-state index in [9.17, 15) is 9.32 Å². The average Bonchev–Trinajstić information content (AvgIpc) is 3.05. The van der Waals surface area contributed by atoms with Gasteiger partial charge in [-0.3, -0.25) is 0 Å². The number of nitrogens with zero attached hydrogens (tertiary/aromatic N) is 2. The van der Waals surface area contributed by atoms with Gasteiger partial charge in [-0.25, -0.2) is 8.51 Å². The van der Waals surface area contributed by atoms with Crippen molar-refractivity contribution in [2.24, 2.45) is 5.92 Å². The lowest BCUT2D eigenvalue weighted by atomic mass is 10.1. The molecule has 0 aliphatic carbocycles. The number of aliphatic hydroxyl groups excluding tert-OH is 1. The van der Waals surface area contributed by atoms with E-state index in [4.69, 9.17) is 16.9 Å². The molecule has 0 amide bonds. The molecule has 1 fully saturated rings. The highest BCUT2D eigenvalue weighted by Crippen LogP contribution is 2.36. The minimum Gasteiger partial charge on any atom is -0.396 e. The monoisotopic (exact) mass is 470 g/mol. The fourth-order valence-electron chi connectivity index (χ4n) is 2.79. The number of aliphatic hydroxyl groups is 1. The van der Waals surface area contributed by atoms with Gasteiger partial charge in [0.05, 0.1) is 21.6 Å². The summed E-state index contributed by atoms with van der Waals surface area (Å²) in [6.07, 6.45) is 0. The predicted molar refractivity (Wildman–Crippen MR) is 109 cm³/mol. The summed E-state index contributed by atoms with van der Waals surface area (Å²) in [5, 5.41) is 19.1. The molecule has 1 saturated heterocycles.